The van der Waals surface area contributed by atoms with Crippen molar-refractivity contribution in [3.63, 3.8) is 0 Å². The smallest absolute Gasteiger partial charge is 0.268 e. The zero-order valence-corrected chi connectivity index (χ0v) is 19.4. The van der Waals surface area contributed by atoms with Gasteiger partial charge in [-0.2, -0.15) is 5.10 Å². The maximum absolute atomic E-state index is 13.0. The van der Waals surface area contributed by atoms with Crippen molar-refractivity contribution in [3.8, 4) is 17.3 Å². The molecule has 2 heterocycles. The molecule has 0 spiro atoms. The third-order valence-electron chi connectivity index (χ3n) is 5.51. The van der Waals surface area contributed by atoms with Gasteiger partial charge in [-0.3, -0.25) is 4.79 Å². The molecule has 1 N–H and O–H groups in total. The maximum atomic E-state index is 13.0. The summed E-state index contributed by atoms with van der Waals surface area (Å²) < 4.78 is 7.45. The van der Waals surface area contributed by atoms with Crippen LogP contribution < -0.4 is 5.32 Å². The summed E-state index contributed by atoms with van der Waals surface area (Å²) in [5.41, 5.74) is 4.11. The molecule has 1 amide bonds. The van der Waals surface area contributed by atoms with Gasteiger partial charge in [-0.1, -0.05) is 50.2 Å². The number of aromatic nitrogens is 4. The fourth-order valence-electron chi connectivity index (χ4n) is 3.65. The van der Waals surface area contributed by atoms with Crippen LogP contribution in [0.2, 0.25) is 0 Å². The molecule has 7 heteroatoms. The van der Waals surface area contributed by atoms with Crippen LogP contribution in [0.5, 0.6) is 0 Å². The second kappa shape index (κ2) is 9.81. The number of benzene rings is 2. The Balaban J connectivity index is 1.62. The molecule has 2 aromatic carbocycles. The first kappa shape index (κ1) is 22.5. The molecule has 1 atom stereocenters. The van der Waals surface area contributed by atoms with Crippen molar-refractivity contribution < 1.29 is 9.21 Å². The third kappa shape index (κ3) is 5.37. The summed E-state index contributed by atoms with van der Waals surface area (Å²) in [5.74, 6) is 1.31. The molecule has 4 aromatic rings. The van der Waals surface area contributed by atoms with E-state index in [1.54, 1.807) is 6.92 Å². The number of amides is 1. The van der Waals surface area contributed by atoms with Crippen LogP contribution >= 0.6 is 0 Å². The van der Waals surface area contributed by atoms with E-state index in [1.807, 2.05) is 72.3 Å². The Hall–Kier alpha value is -3.74. The van der Waals surface area contributed by atoms with E-state index in [1.165, 1.54) is 0 Å². The van der Waals surface area contributed by atoms with Gasteiger partial charge in [0.2, 0.25) is 5.89 Å². The number of rotatable bonds is 8. The van der Waals surface area contributed by atoms with Crippen LogP contribution in [-0.4, -0.2) is 25.9 Å². The minimum atomic E-state index is -0.128. The normalized spacial score (nSPS) is 12.2. The molecule has 0 saturated carbocycles. The fraction of sp³-hybridized carbons (Fsp3) is 0.308. The number of aryl methyl sites for hydroxylation is 2. The third-order valence-corrected chi connectivity index (χ3v) is 5.51. The van der Waals surface area contributed by atoms with Crippen molar-refractivity contribution in [3.05, 3.63) is 83.4 Å². The van der Waals surface area contributed by atoms with Crippen LogP contribution in [0, 0.1) is 12.8 Å². The number of nitrogens with zero attached hydrogens (tertiary/aromatic N) is 4. The van der Waals surface area contributed by atoms with Crippen molar-refractivity contribution in [2.75, 3.05) is 0 Å². The van der Waals surface area contributed by atoms with Crippen LogP contribution in [0.3, 0.4) is 0 Å². The molecule has 7 nitrogen and oxygen atoms in total. The molecule has 0 aliphatic carbocycles. The average Bonchev–Trinajstić information content (AvgIpc) is 3.44. The number of hydrogen-bond donors (Lipinski definition) is 1. The number of hydrogen-bond acceptors (Lipinski definition) is 5. The standard InChI is InChI=1S/C26H29N5O2/c1-17(2)13-14-23-16-24(26-29-28-19(4)33-26)30-31(23)22-12-8-11-21(15-22)25(32)27-18(3)20-9-6-5-7-10-20/h5-12,15-18H,13-14H2,1-4H3,(H,27,32)/t18-/m1/s1. The molecule has 0 radical (unpaired) electrons. The number of nitrogens with one attached hydrogen (secondary N) is 1. The van der Waals surface area contributed by atoms with Crippen molar-refractivity contribution in [2.24, 2.45) is 5.92 Å². The first-order valence-electron chi connectivity index (χ1n) is 11.3. The summed E-state index contributed by atoms with van der Waals surface area (Å²) in [5, 5.41) is 15.8. The molecule has 0 aliphatic heterocycles. The van der Waals surface area contributed by atoms with Gasteiger partial charge >= 0.3 is 0 Å². The van der Waals surface area contributed by atoms with Gasteiger partial charge in [0, 0.05) is 18.2 Å². The van der Waals surface area contributed by atoms with E-state index in [9.17, 15) is 4.79 Å². The number of carbonyl (C=O) groups excluding carboxylic acids is 1. The SMILES string of the molecule is Cc1nnc(-c2cc(CCC(C)C)n(-c3cccc(C(=O)N[C@H](C)c4ccccc4)c3)n2)o1. The molecule has 0 aliphatic rings. The Labute approximate surface area is 193 Å². The lowest BCUT2D eigenvalue weighted by molar-refractivity contribution is 0.0940. The highest BCUT2D eigenvalue weighted by Crippen LogP contribution is 2.23. The highest BCUT2D eigenvalue weighted by atomic mass is 16.4. The van der Waals surface area contributed by atoms with Crippen molar-refractivity contribution in [1.82, 2.24) is 25.3 Å². The second-order valence-corrected chi connectivity index (χ2v) is 8.65. The summed E-state index contributed by atoms with van der Waals surface area (Å²) in [6, 6.07) is 19.3. The molecule has 2 aromatic heterocycles. The Morgan fingerprint density at radius 1 is 1.03 bits per heavy atom. The van der Waals surface area contributed by atoms with Crippen LogP contribution in [0.1, 0.15) is 60.7 Å². The minimum absolute atomic E-state index is 0.0963. The molecular formula is C26H29N5O2. The molecule has 33 heavy (non-hydrogen) atoms. The Kier molecular flexibility index (Phi) is 6.68. The first-order chi connectivity index (χ1) is 15.9. The first-order valence-corrected chi connectivity index (χ1v) is 11.3. The molecule has 0 fully saturated rings. The van der Waals surface area contributed by atoms with Gasteiger partial charge in [-0.25, -0.2) is 4.68 Å². The molecule has 0 bridgehead atoms. The summed E-state index contributed by atoms with van der Waals surface area (Å²) in [4.78, 5) is 13.0. The average molecular weight is 444 g/mol. The van der Waals surface area contributed by atoms with E-state index < -0.39 is 0 Å². The molecule has 0 saturated heterocycles. The molecule has 170 valence electrons. The highest BCUT2D eigenvalue weighted by molar-refractivity contribution is 5.95. The van der Waals surface area contributed by atoms with Gasteiger partial charge in [0.25, 0.3) is 11.8 Å². The minimum Gasteiger partial charge on any atom is -0.420 e. The fourth-order valence-corrected chi connectivity index (χ4v) is 3.65. The summed E-state index contributed by atoms with van der Waals surface area (Å²) in [6.45, 7) is 8.13. The second-order valence-electron chi connectivity index (χ2n) is 8.65. The Morgan fingerprint density at radius 3 is 2.52 bits per heavy atom. The quantitative estimate of drug-likeness (QED) is 0.399. The van der Waals surface area contributed by atoms with E-state index >= 15 is 0 Å². The van der Waals surface area contributed by atoms with E-state index in [0.29, 0.717) is 29.0 Å². The zero-order valence-electron chi connectivity index (χ0n) is 19.4. The van der Waals surface area contributed by atoms with Gasteiger partial charge in [-0.05, 0) is 55.5 Å². The zero-order chi connectivity index (χ0) is 23.4. The summed E-state index contributed by atoms with van der Waals surface area (Å²) >= 11 is 0. The van der Waals surface area contributed by atoms with E-state index in [4.69, 9.17) is 9.52 Å². The van der Waals surface area contributed by atoms with Crippen molar-refractivity contribution in [1.29, 1.82) is 0 Å². The van der Waals surface area contributed by atoms with Crippen LogP contribution in [0.15, 0.2) is 65.1 Å². The number of carbonyl (C=O) groups is 1. The van der Waals surface area contributed by atoms with Crippen LogP contribution in [-0.2, 0) is 6.42 Å². The van der Waals surface area contributed by atoms with Crippen LogP contribution in [0.25, 0.3) is 17.3 Å². The monoisotopic (exact) mass is 443 g/mol. The highest BCUT2D eigenvalue weighted by Gasteiger charge is 2.17. The summed E-state index contributed by atoms with van der Waals surface area (Å²) in [6.07, 6.45) is 1.86. The summed E-state index contributed by atoms with van der Waals surface area (Å²) in [7, 11) is 0. The maximum Gasteiger partial charge on any atom is 0.268 e. The van der Waals surface area contributed by atoms with Gasteiger partial charge in [0.05, 0.1) is 11.7 Å². The largest absolute Gasteiger partial charge is 0.420 e. The van der Waals surface area contributed by atoms with Crippen molar-refractivity contribution >= 4 is 5.91 Å². The lowest BCUT2D eigenvalue weighted by atomic mass is 10.1. The topological polar surface area (TPSA) is 85.8 Å². The van der Waals surface area contributed by atoms with Gasteiger partial charge in [-0.15, -0.1) is 10.2 Å². The van der Waals surface area contributed by atoms with Crippen molar-refractivity contribution in [2.45, 2.75) is 46.6 Å². The van der Waals surface area contributed by atoms with E-state index in [2.05, 4.69) is 29.4 Å². The van der Waals surface area contributed by atoms with Gasteiger partial charge < -0.3 is 9.73 Å². The predicted molar refractivity (Wildman–Crippen MR) is 127 cm³/mol. The Bertz CT molecular complexity index is 1230. The van der Waals surface area contributed by atoms with Gasteiger partial charge in [0.15, 0.2) is 0 Å². The lowest BCUT2D eigenvalue weighted by Gasteiger charge is -2.15. The predicted octanol–water partition coefficient (Wildman–Crippen LogP) is 5.31. The molecule has 0 unspecified atom stereocenters. The molecular weight excluding hydrogens is 414 g/mol. The van der Waals surface area contributed by atoms with Crippen LogP contribution in [0.4, 0.5) is 0 Å². The molecule has 4 rings (SSSR count). The van der Waals surface area contributed by atoms with Gasteiger partial charge in [0.1, 0.15) is 5.69 Å². The Morgan fingerprint density at radius 2 is 1.82 bits per heavy atom. The van der Waals surface area contributed by atoms with E-state index in [-0.39, 0.29) is 11.9 Å². The van der Waals surface area contributed by atoms with E-state index in [0.717, 1.165) is 29.8 Å². The lowest BCUT2D eigenvalue weighted by Crippen LogP contribution is -2.26.